The van der Waals surface area contributed by atoms with Crippen LogP contribution in [-0.4, -0.2) is 18.9 Å². The Bertz CT molecular complexity index is 1170. The standard InChI is InChI=1S/C23H15F2NO3/c1-29-20-12-5-4-11-19(20)26-22(27)16-9-3-2-8-15(16)17(23(26)28)13-14-7-6-10-18(24)21(14)25/h2-13H,1H3. The molecular formula is C23H15F2NO3. The molecule has 3 aromatic rings. The second-order valence-corrected chi connectivity index (χ2v) is 6.36. The molecule has 1 aliphatic heterocycles. The zero-order valence-corrected chi connectivity index (χ0v) is 15.4. The third-order valence-electron chi connectivity index (χ3n) is 4.69. The van der Waals surface area contributed by atoms with E-state index < -0.39 is 23.4 Å². The Kier molecular flexibility index (Phi) is 4.68. The van der Waals surface area contributed by atoms with E-state index in [1.54, 1.807) is 48.5 Å². The number of halogens is 2. The molecule has 0 unspecified atom stereocenters. The number of ether oxygens (including phenoxy) is 1. The van der Waals surface area contributed by atoms with Crippen LogP contribution in [0.2, 0.25) is 0 Å². The molecule has 4 nitrogen and oxygen atoms in total. The van der Waals surface area contributed by atoms with Crippen molar-refractivity contribution in [3.05, 3.63) is 95.1 Å². The zero-order valence-electron chi connectivity index (χ0n) is 15.4. The molecule has 29 heavy (non-hydrogen) atoms. The molecule has 6 heteroatoms. The molecule has 144 valence electrons. The lowest BCUT2D eigenvalue weighted by atomic mass is 9.91. The highest BCUT2D eigenvalue weighted by molar-refractivity contribution is 6.43. The zero-order chi connectivity index (χ0) is 20.5. The van der Waals surface area contributed by atoms with Crippen LogP contribution < -0.4 is 9.64 Å². The Labute approximate surface area is 165 Å². The Morgan fingerprint density at radius 1 is 0.828 bits per heavy atom. The van der Waals surface area contributed by atoms with Gasteiger partial charge in [-0.1, -0.05) is 42.5 Å². The number of amides is 2. The first kappa shape index (κ1) is 18.6. The molecule has 2 amide bonds. The molecule has 0 saturated carbocycles. The summed E-state index contributed by atoms with van der Waals surface area (Å²) in [7, 11) is 1.44. The van der Waals surface area contributed by atoms with Gasteiger partial charge in [0.2, 0.25) is 0 Å². The van der Waals surface area contributed by atoms with Gasteiger partial charge < -0.3 is 4.74 Å². The molecule has 0 radical (unpaired) electrons. The number of benzene rings is 3. The first-order chi connectivity index (χ1) is 14.0. The van der Waals surface area contributed by atoms with Crippen LogP contribution in [0, 0.1) is 11.6 Å². The summed E-state index contributed by atoms with van der Waals surface area (Å²) in [6, 6.07) is 16.9. The number of anilines is 1. The van der Waals surface area contributed by atoms with Crippen LogP contribution in [-0.2, 0) is 4.79 Å². The summed E-state index contributed by atoms with van der Waals surface area (Å²) in [5, 5.41) is 0. The van der Waals surface area contributed by atoms with Gasteiger partial charge in [0.05, 0.1) is 12.8 Å². The monoisotopic (exact) mass is 391 g/mol. The van der Waals surface area contributed by atoms with Crippen molar-refractivity contribution >= 4 is 29.2 Å². The van der Waals surface area contributed by atoms with E-state index in [4.69, 9.17) is 4.74 Å². The number of carbonyl (C=O) groups is 2. The van der Waals surface area contributed by atoms with Crippen molar-refractivity contribution in [3.63, 3.8) is 0 Å². The fraction of sp³-hybridized carbons (Fsp3) is 0.0435. The number of carbonyl (C=O) groups excluding carboxylic acids is 2. The van der Waals surface area contributed by atoms with Crippen molar-refractivity contribution in [2.24, 2.45) is 0 Å². The van der Waals surface area contributed by atoms with Gasteiger partial charge in [-0.15, -0.1) is 0 Å². The van der Waals surface area contributed by atoms with E-state index in [-0.39, 0.29) is 22.4 Å². The average molecular weight is 391 g/mol. The highest BCUT2D eigenvalue weighted by atomic mass is 19.2. The number of hydrogen-bond donors (Lipinski definition) is 0. The fourth-order valence-corrected chi connectivity index (χ4v) is 3.31. The Morgan fingerprint density at radius 2 is 1.52 bits per heavy atom. The summed E-state index contributed by atoms with van der Waals surface area (Å²) in [5.41, 5.74) is 0.900. The van der Waals surface area contributed by atoms with E-state index in [0.29, 0.717) is 11.3 Å². The molecule has 4 rings (SSSR count). The number of fused-ring (bicyclic) bond motifs is 1. The predicted octanol–water partition coefficient (Wildman–Crippen LogP) is 4.70. The number of rotatable bonds is 3. The van der Waals surface area contributed by atoms with Gasteiger partial charge in [-0.2, -0.15) is 0 Å². The number of methoxy groups -OCH3 is 1. The van der Waals surface area contributed by atoms with Gasteiger partial charge in [-0.3, -0.25) is 9.59 Å². The van der Waals surface area contributed by atoms with Crippen molar-refractivity contribution in [2.45, 2.75) is 0 Å². The number of nitrogens with zero attached hydrogens (tertiary/aromatic N) is 1. The average Bonchev–Trinajstić information content (AvgIpc) is 2.74. The lowest BCUT2D eigenvalue weighted by molar-refractivity contribution is -0.112. The van der Waals surface area contributed by atoms with E-state index in [0.717, 1.165) is 11.0 Å². The third-order valence-corrected chi connectivity index (χ3v) is 4.69. The van der Waals surface area contributed by atoms with Crippen LogP contribution in [0.25, 0.3) is 11.6 Å². The Balaban J connectivity index is 1.95. The van der Waals surface area contributed by atoms with Crippen LogP contribution in [0.5, 0.6) is 5.75 Å². The van der Waals surface area contributed by atoms with Crippen molar-refractivity contribution in [3.8, 4) is 5.75 Å². The SMILES string of the molecule is COc1ccccc1N1C(=O)C(=Cc2cccc(F)c2F)c2ccccc2C1=O. The summed E-state index contributed by atoms with van der Waals surface area (Å²) < 4.78 is 33.2. The van der Waals surface area contributed by atoms with Gasteiger partial charge >= 0.3 is 0 Å². The van der Waals surface area contributed by atoms with Crippen molar-refractivity contribution in [1.29, 1.82) is 0 Å². The Morgan fingerprint density at radius 3 is 2.28 bits per heavy atom. The lowest BCUT2D eigenvalue weighted by Gasteiger charge is -2.29. The minimum atomic E-state index is -1.06. The van der Waals surface area contributed by atoms with Gasteiger partial charge in [-0.05, 0) is 35.9 Å². The van der Waals surface area contributed by atoms with E-state index in [1.165, 1.54) is 25.3 Å². The molecule has 0 fully saturated rings. The van der Waals surface area contributed by atoms with Crippen LogP contribution in [0.3, 0.4) is 0 Å². The first-order valence-corrected chi connectivity index (χ1v) is 8.80. The minimum absolute atomic E-state index is 0.0793. The molecule has 0 atom stereocenters. The van der Waals surface area contributed by atoms with E-state index >= 15 is 0 Å². The fourth-order valence-electron chi connectivity index (χ4n) is 3.31. The van der Waals surface area contributed by atoms with E-state index in [9.17, 15) is 18.4 Å². The van der Waals surface area contributed by atoms with E-state index in [1.807, 2.05) is 0 Å². The van der Waals surface area contributed by atoms with Crippen LogP contribution >= 0.6 is 0 Å². The van der Waals surface area contributed by atoms with E-state index in [2.05, 4.69) is 0 Å². The molecule has 0 bridgehead atoms. The largest absolute Gasteiger partial charge is 0.495 e. The Hall–Kier alpha value is -3.80. The summed E-state index contributed by atoms with van der Waals surface area (Å²) in [6.45, 7) is 0. The van der Waals surface area contributed by atoms with Gasteiger partial charge in [0.1, 0.15) is 5.75 Å². The second-order valence-electron chi connectivity index (χ2n) is 6.36. The van der Waals surface area contributed by atoms with Crippen LogP contribution in [0.1, 0.15) is 21.5 Å². The molecule has 0 aromatic heterocycles. The maximum Gasteiger partial charge on any atom is 0.266 e. The maximum atomic E-state index is 14.2. The highest BCUT2D eigenvalue weighted by Crippen LogP contribution is 2.37. The number of para-hydroxylation sites is 2. The molecule has 0 spiro atoms. The molecule has 1 aliphatic rings. The topological polar surface area (TPSA) is 46.6 Å². The molecule has 0 aliphatic carbocycles. The molecule has 1 heterocycles. The second kappa shape index (κ2) is 7.31. The first-order valence-electron chi connectivity index (χ1n) is 8.80. The minimum Gasteiger partial charge on any atom is -0.495 e. The van der Waals surface area contributed by atoms with Crippen molar-refractivity contribution < 1.29 is 23.1 Å². The predicted molar refractivity (Wildman–Crippen MR) is 105 cm³/mol. The van der Waals surface area contributed by atoms with Crippen molar-refractivity contribution in [2.75, 3.05) is 12.0 Å². The highest BCUT2D eigenvalue weighted by Gasteiger charge is 2.37. The molecule has 0 N–H and O–H groups in total. The summed E-state index contributed by atoms with van der Waals surface area (Å²) >= 11 is 0. The molecule has 0 saturated heterocycles. The summed E-state index contributed by atoms with van der Waals surface area (Å²) in [6.07, 6.45) is 1.26. The van der Waals surface area contributed by atoms with Gasteiger partial charge in [0.25, 0.3) is 11.8 Å². The summed E-state index contributed by atoms with van der Waals surface area (Å²) in [4.78, 5) is 27.4. The lowest BCUT2D eigenvalue weighted by Crippen LogP contribution is -2.42. The summed E-state index contributed by atoms with van der Waals surface area (Å²) in [5.74, 6) is -2.92. The van der Waals surface area contributed by atoms with Crippen LogP contribution in [0.4, 0.5) is 14.5 Å². The quantitative estimate of drug-likeness (QED) is 0.480. The number of hydrogen-bond acceptors (Lipinski definition) is 3. The normalized spacial score (nSPS) is 14.9. The number of imide groups is 1. The van der Waals surface area contributed by atoms with Gasteiger partial charge in [0.15, 0.2) is 11.6 Å². The maximum absolute atomic E-state index is 14.2. The molecule has 3 aromatic carbocycles. The smallest absolute Gasteiger partial charge is 0.266 e. The van der Waals surface area contributed by atoms with Gasteiger partial charge in [0, 0.05) is 16.7 Å². The van der Waals surface area contributed by atoms with Crippen molar-refractivity contribution in [1.82, 2.24) is 0 Å². The molecular weight excluding hydrogens is 376 g/mol. The van der Waals surface area contributed by atoms with Gasteiger partial charge in [-0.25, -0.2) is 13.7 Å². The third kappa shape index (κ3) is 3.08. The van der Waals surface area contributed by atoms with Crippen LogP contribution in [0.15, 0.2) is 66.7 Å².